The standard InChI is InChI=1S/C10H17N5O2S/c1-7-8(15(16)17)9(14-10(11)13-7)12-5-3-4-6-18-2/h3-6H2,1-2H3,(H3,11,12,13,14). The van der Waals surface area contributed by atoms with Gasteiger partial charge in [0.25, 0.3) is 0 Å². The van der Waals surface area contributed by atoms with E-state index in [1.165, 1.54) is 0 Å². The Bertz CT molecular complexity index is 427. The lowest BCUT2D eigenvalue weighted by molar-refractivity contribution is -0.385. The van der Waals surface area contributed by atoms with E-state index in [4.69, 9.17) is 5.73 Å². The van der Waals surface area contributed by atoms with Gasteiger partial charge in [0.05, 0.1) is 4.92 Å². The molecule has 0 spiro atoms. The summed E-state index contributed by atoms with van der Waals surface area (Å²) in [5.74, 6) is 1.33. The van der Waals surface area contributed by atoms with Crippen molar-refractivity contribution in [1.29, 1.82) is 0 Å². The number of hydrogen-bond donors (Lipinski definition) is 2. The summed E-state index contributed by atoms with van der Waals surface area (Å²) >= 11 is 1.78. The first-order valence-corrected chi connectivity index (χ1v) is 6.97. The Hall–Kier alpha value is -1.57. The minimum absolute atomic E-state index is 0.0460. The van der Waals surface area contributed by atoms with Crippen LogP contribution < -0.4 is 11.1 Å². The van der Waals surface area contributed by atoms with Gasteiger partial charge >= 0.3 is 5.69 Å². The maximum atomic E-state index is 10.9. The summed E-state index contributed by atoms with van der Waals surface area (Å²) in [7, 11) is 0. The van der Waals surface area contributed by atoms with E-state index in [0.717, 1.165) is 18.6 Å². The summed E-state index contributed by atoms with van der Waals surface area (Å²) in [6.45, 7) is 2.19. The molecule has 0 aliphatic carbocycles. The number of anilines is 2. The predicted octanol–water partition coefficient (Wildman–Crippen LogP) is 1.83. The van der Waals surface area contributed by atoms with E-state index in [-0.39, 0.29) is 23.1 Å². The zero-order valence-corrected chi connectivity index (χ0v) is 11.3. The maximum absolute atomic E-state index is 10.9. The van der Waals surface area contributed by atoms with Crippen LogP contribution in [0.1, 0.15) is 18.5 Å². The molecular formula is C10H17N5O2S. The second-order valence-corrected chi connectivity index (χ2v) is 4.73. The number of nitrogens with zero attached hydrogens (tertiary/aromatic N) is 3. The quantitative estimate of drug-likeness (QED) is 0.442. The summed E-state index contributed by atoms with van der Waals surface area (Å²) < 4.78 is 0. The minimum atomic E-state index is -0.487. The molecule has 0 aliphatic rings. The molecule has 1 aromatic heterocycles. The summed E-state index contributed by atoms with van der Waals surface area (Å²) in [5.41, 5.74) is 5.67. The number of nitrogens with two attached hydrogens (primary N) is 1. The summed E-state index contributed by atoms with van der Waals surface area (Å²) in [5, 5.41) is 13.9. The van der Waals surface area contributed by atoms with E-state index in [9.17, 15) is 10.1 Å². The number of unbranched alkanes of at least 4 members (excludes halogenated alkanes) is 1. The summed E-state index contributed by atoms with van der Waals surface area (Å²) in [6, 6.07) is 0. The highest BCUT2D eigenvalue weighted by Gasteiger charge is 2.20. The highest BCUT2D eigenvalue weighted by molar-refractivity contribution is 7.98. The Balaban J connectivity index is 2.71. The average Bonchev–Trinajstić information content (AvgIpc) is 2.27. The second kappa shape index (κ2) is 7.00. The van der Waals surface area contributed by atoms with Gasteiger partial charge in [-0.25, -0.2) is 4.98 Å². The van der Waals surface area contributed by atoms with Crippen LogP contribution in [-0.2, 0) is 0 Å². The first-order valence-electron chi connectivity index (χ1n) is 5.57. The van der Waals surface area contributed by atoms with Crippen LogP contribution in [0.15, 0.2) is 0 Å². The molecule has 0 aliphatic heterocycles. The van der Waals surface area contributed by atoms with Crippen LogP contribution in [0, 0.1) is 17.0 Å². The number of nitrogens with one attached hydrogen (secondary N) is 1. The van der Waals surface area contributed by atoms with Crippen molar-refractivity contribution in [2.45, 2.75) is 19.8 Å². The SMILES string of the molecule is CSCCCCNc1nc(N)nc(C)c1[N+](=O)[O-]. The van der Waals surface area contributed by atoms with E-state index >= 15 is 0 Å². The molecule has 0 unspecified atom stereocenters. The first-order chi connectivity index (χ1) is 8.56. The fourth-order valence-electron chi connectivity index (χ4n) is 1.51. The molecule has 100 valence electrons. The Morgan fingerprint density at radius 1 is 1.44 bits per heavy atom. The van der Waals surface area contributed by atoms with Gasteiger partial charge in [0.15, 0.2) is 0 Å². The third-order valence-electron chi connectivity index (χ3n) is 2.33. The second-order valence-electron chi connectivity index (χ2n) is 3.75. The molecule has 1 rings (SSSR count). The molecule has 1 heterocycles. The number of aromatic nitrogens is 2. The zero-order valence-electron chi connectivity index (χ0n) is 10.5. The van der Waals surface area contributed by atoms with E-state index in [1.807, 2.05) is 6.26 Å². The molecule has 8 heteroatoms. The molecule has 3 N–H and O–H groups in total. The summed E-state index contributed by atoms with van der Waals surface area (Å²) in [6.07, 6.45) is 4.04. The molecule has 0 aromatic carbocycles. The molecular weight excluding hydrogens is 254 g/mol. The highest BCUT2D eigenvalue weighted by Crippen LogP contribution is 2.25. The smallest absolute Gasteiger partial charge is 0.332 e. The third-order valence-corrected chi connectivity index (χ3v) is 3.02. The number of rotatable bonds is 7. The van der Waals surface area contributed by atoms with Crippen LogP contribution >= 0.6 is 11.8 Å². The van der Waals surface area contributed by atoms with Crippen LogP contribution in [0.4, 0.5) is 17.5 Å². The van der Waals surface area contributed by atoms with Gasteiger partial charge in [-0.3, -0.25) is 10.1 Å². The van der Waals surface area contributed by atoms with Gasteiger partial charge in [0.2, 0.25) is 11.8 Å². The highest BCUT2D eigenvalue weighted by atomic mass is 32.2. The van der Waals surface area contributed by atoms with E-state index < -0.39 is 4.92 Å². The Morgan fingerprint density at radius 3 is 2.78 bits per heavy atom. The van der Waals surface area contributed by atoms with Gasteiger partial charge in [-0.2, -0.15) is 16.7 Å². The number of nitro groups is 1. The number of nitrogen functional groups attached to an aromatic ring is 1. The van der Waals surface area contributed by atoms with Crippen LogP contribution in [0.5, 0.6) is 0 Å². The Morgan fingerprint density at radius 2 is 2.17 bits per heavy atom. The lowest BCUT2D eigenvalue weighted by Gasteiger charge is -2.07. The summed E-state index contributed by atoms with van der Waals surface area (Å²) in [4.78, 5) is 18.1. The number of thioether (sulfide) groups is 1. The topological polar surface area (TPSA) is 107 Å². The zero-order chi connectivity index (χ0) is 13.5. The first kappa shape index (κ1) is 14.5. The number of hydrogen-bond acceptors (Lipinski definition) is 7. The fraction of sp³-hybridized carbons (Fsp3) is 0.600. The number of aryl methyl sites for hydroxylation is 1. The largest absolute Gasteiger partial charge is 0.368 e. The maximum Gasteiger partial charge on any atom is 0.332 e. The van der Waals surface area contributed by atoms with Crippen molar-refractivity contribution in [3.8, 4) is 0 Å². The van der Waals surface area contributed by atoms with Gasteiger partial charge in [-0.1, -0.05) is 0 Å². The molecule has 0 radical (unpaired) electrons. The molecule has 0 atom stereocenters. The molecule has 0 fully saturated rings. The van der Waals surface area contributed by atoms with Crippen molar-refractivity contribution >= 4 is 29.2 Å². The van der Waals surface area contributed by atoms with Gasteiger partial charge < -0.3 is 11.1 Å². The molecule has 7 nitrogen and oxygen atoms in total. The van der Waals surface area contributed by atoms with Crippen molar-refractivity contribution < 1.29 is 4.92 Å². The van der Waals surface area contributed by atoms with Crippen molar-refractivity contribution in [2.75, 3.05) is 29.6 Å². The molecule has 0 amide bonds. The van der Waals surface area contributed by atoms with Gasteiger partial charge in [0, 0.05) is 6.54 Å². The van der Waals surface area contributed by atoms with Crippen LogP contribution in [-0.4, -0.2) is 33.4 Å². The minimum Gasteiger partial charge on any atom is -0.368 e. The van der Waals surface area contributed by atoms with E-state index in [2.05, 4.69) is 15.3 Å². The monoisotopic (exact) mass is 271 g/mol. The Labute approximate surface area is 110 Å². The van der Waals surface area contributed by atoms with Crippen LogP contribution in [0.2, 0.25) is 0 Å². The van der Waals surface area contributed by atoms with Crippen LogP contribution in [0.25, 0.3) is 0 Å². The van der Waals surface area contributed by atoms with Gasteiger partial charge in [-0.05, 0) is 31.8 Å². The van der Waals surface area contributed by atoms with Crippen molar-refractivity contribution in [3.63, 3.8) is 0 Å². The predicted molar refractivity (Wildman–Crippen MR) is 73.9 cm³/mol. The van der Waals surface area contributed by atoms with Crippen molar-refractivity contribution in [1.82, 2.24) is 9.97 Å². The van der Waals surface area contributed by atoms with Crippen molar-refractivity contribution in [2.24, 2.45) is 0 Å². The third kappa shape index (κ3) is 4.02. The van der Waals surface area contributed by atoms with Gasteiger partial charge in [-0.15, -0.1) is 0 Å². The average molecular weight is 271 g/mol. The van der Waals surface area contributed by atoms with Crippen LogP contribution in [0.3, 0.4) is 0 Å². The normalized spacial score (nSPS) is 10.3. The fourth-order valence-corrected chi connectivity index (χ4v) is 2.00. The van der Waals surface area contributed by atoms with E-state index in [0.29, 0.717) is 6.54 Å². The lowest BCUT2D eigenvalue weighted by Crippen LogP contribution is -2.10. The molecule has 18 heavy (non-hydrogen) atoms. The molecule has 0 bridgehead atoms. The Kier molecular flexibility index (Phi) is 5.63. The molecule has 0 saturated carbocycles. The lowest BCUT2D eigenvalue weighted by atomic mass is 10.3. The molecule has 1 aromatic rings. The van der Waals surface area contributed by atoms with Crippen molar-refractivity contribution in [3.05, 3.63) is 15.8 Å². The van der Waals surface area contributed by atoms with Gasteiger partial charge in [0.1, 0.15) is 5.69 Å². The van der Waals surface area contributed by atoms with E-state index in [1.54, 1.807) is 18.7 Å². The molecule has 0 saturated heterocycles.